The summed E-state index contributed by atoms with van der Waals surface area (Å²) < 4.78 is 0. The molecule has 1 aliphatic heterocycles. The minimum atomic E-state index is 0.325. The van der Waals surface area contributed by atoms with Crippen molar-refractivity contribution in [1.29, 1.82) is 0 Å². The van der Waals surface area contributed by atoms with Gasteiger partial charge in [0.25, 0.3) is 0 Å². The molecular weight excluding hydrogens is 244 g/mol. The van der Waals surface area contributed by atoms with E-state index in [1.807, 2.05) is 12.1 Å². The van der Waals surface area contributed by atoms with E-state index >= 15 is 0 Å². The summed E-state index contributed by atoms with van der Waals surface area (Å²) in [6.45, 7) is 6.74. The molecule has 3 unspecified atom stereocenters. The van der Waals surface area contributed by atoms with Gasteiger partial charge in [0.05, 0.1) is 0 Å². The van der Waals surface area contributed by atoms with Gasteiger partial charge in [0.15, 0.2) is 0 Å². The average molecular weight is 267 g/mol. The summed E-state index contributed by atoms with van der Waals surface area (Å²) in [5.74, 6) is 0.656. The second-order valence-electron chi connectivity index (χ2n) is 5.60. The van der Waals surface area contributed by atoms with E-state index in [-0.39, 0.29) is 0 Å². The van der Waals surface area contributed by atoms with Gasteiger partial charge in [-0.3, -0.25) is 4.90 Å². The van der Waals surface area contributed by atoms with Gasteiger partial charge >= 0.3 is 0 Å². The first-order valence-electron chi connectivity index (χ1n) is 6.80. The molecule has 0 amide bonds. The third kappa shape index (κ3) is 3.47. The molecule has 1 aromatic carbocycles. The Balaban J connectivity index is 1.91. The first kappa shape index (κ1) is 13.9. The molecule has 0 bridgehead atoms. The molecule has 0 saturated carbocycles. The Labute approximate surface area is 115 Å². The summed E-state index contributed by atoms with van der Waals surface area (Å²) in [6.07, 6.45) is 2.28. The largest absolute Gasteiger partial charge is 0.326 e. The number of nitrogens with zero attached hydrogens (tertiary/aromatic N) is 1. The fraction of sp³-hybridized carbons (Fsp3) is 0.600. The van der Waals surface area contributed by atoms with Crippen molar-refractivity contribution in [3.63, 3.8) is 0 Å². The number of hydrogen-bond acceptors (Lipinski definition) is 2. The summed E-state index contributed by atoms with van der Waals surface area (Å²) >= 11 is 5.91. The van der Waals surface area contributed by atoms with E-state index in [1.54, 1.807) is 0 Å². The first-order chi connectivity index (χ1) is 8.56. The van der Waals surface area contributed by atoms with Gasteiger partial charge in [-0.1, -0.05) is 30.7 Å². The third-order valence-electron chi connectivity index (χ3n) is 4.12. The number of likely N-dealkylation sites (tertiary alicyclic amines) is 1. The molecule has 1 fully saturated rings. The molecule has 100 valence electrons. The van der Waals surface area contributed by atoms with Crippen molar-refractivity contribution in [2.45, 2.75) is 38.8 Å². The second kappa shape index (κ2) is 6.05. The predicted molar refractivity (Wildman–Crippen MR) is 77.9 cm³/mol. The molecule has 0 radical (unpaired) electrons. The summed E-state index contributed by atoms with van der Waals surface area (Å²) in [4.78, 5) is 2.51. The van der Waals surface area contributed by atoms with Crippen LogP contribution in [0, 0.1) is 5.92 Å². The third-order valence-corrected chi connectivity index (χ3v) is 4.37. The first-order valence-corrected chi connectivity index (χ1v) is 7.18. The van der Waals surface area contributed by atoms with Crippen LogP contribution in [0.15, 0.2) is 24.3 Å². The van der Waals surface area contributed by atoms with Crippen molar-refractivity contribution in [3.05, 3.63) is 34.9 Å². The SMILES string of the molecule is CC1CCN(C(C)Cc2ccc(Cl)cc2)CC1N. The summed E-state index contributed by atoms with van der Waals surface area (Å²) in [5, 5.41) is 0.806. The highest BCUT2D eigenvalue weighted by atomic mass is 35.5. The van der Waals surface area contributed by atoms with E-state index in [0.717, 1.165) is 18.0 Å². The van der Waals surface area contributed by atoms with Crippen LogP contribution >= 0.6 is 11.6 Å². The van der Waals surface area contributed by atoms with Crippen molar-refractivity contribution < 1.29 is 0 Å². The van der Waals surface area contributed by atoms with Gasteiger partial charge in [-0.2, -0.15) is 0 Å². The molecule has 3 heteroatoms. The fourth-order valence-electron chi connectivity index (χ4n) is 2.62. The lowest BCUT2D eigenvalue weighted by atomic mass is 9.92. The van der Waals surface area contributed by atoms with Crippen LogP contribution < -0.4 is 5.73 Å². The molecule has 1 heterocycles. The Morgan fingerprint density at radius 1 is 1.39 bits per heavy atom. The number of hydrogen-bond donors (Lipinski definition) is 1. The van der Waals surface area contributed by atoms with Crippen molar-refractivity contribution in [1.82, 2.24) is 4.90 Å². The molecule has 2 nitrogen and oxygen atoms in total. The van der Waals surface area contributed by atoms with Crippen LogP contribution in [0.25, 0.3) is 0 Å². The maximum atomic E-state index is 6.16. The number of nitrogens with two attached hydrogens (primary N) is 1. The van der Waals surface area contributed by atoms with Gasteiger partial charge in [0.2, 0.25) is 0 Å². The molecular formula is C15H23ClN2. The summed E-state index contributed by atoms with van der Waals surface area (Å²) in [5.41, 5.74) is 7.51. The normalized spacial score (nSPS) is 27.1. The van der Waals surface area contributed by atoms with Crippen molar-refractivity contribution in [2.75, 3.05) is 13.1 Å². The van der Waals surface area contributed by atoms with Crippen molar-refractivity contribution in [3.8, 4) is 0 Å². The number of rotatable bonds is 3. The fourth-order valence-corrected chi connectivity index (χ4v) is 2.74. The van der Waals surface area contributed by atoms with Gasteiger partial charge in [-0.05, 0) is 49.9 Å². The molecule has 2 N–H and O–H groups in total. The van der Waals surface area contributed by atoms with E-state index in [2.05, 4.69) is 30.9 Å². The zero-order valence-electron chi connectivity index (χ0n) is 11.3. The van der Waals surface area contributed by atoms with Crippen molar-refractivity contribution >= 4 is 11.6 Å². The van der Waals surface area contributed by atoms with Crippen LogP contribution in [-0.2, 0) is 6.42 Å². The highest BCUT2D eigenvalue weighted by Gasteiger charge is 2.25. The summed E-state index contributed by atoms with van der Waals surface area (Å²) in [6, 6.07) is 9.04. The lowest BCUT2D eigenvalue weighted by molar-refractivity contribution is 0.128. The predicted octanol–water partition coefficient (Wildman–Crippen LogP) is 2.94. The highest BCUT2D eigenvalue weighted by molar-refractivity contribution is 6.30. The van der Waals surface area contributed by atoms with Crippen LogP contribution in [0.3, 0.4) is 0 Å². The van der Waals surface area contributed by atoms with E-state index < -0.39 is 0 Å². The topological polar surface area (TPSA) is 29.3 Å². The van der Waals surface area contributed by atoms with Crippen LogP contribution in [-0.4, -0.2) is 30.1 Å². The Morgan fingerprint density at radius 3 is 2.67 bits per heavy atom. The minimum Gasteiger partial charge on any atom is -0.326 e. The molecule has 2 rings (SSSR count). The van der Waals surface area contributed by atoms with Crippen LogP contribution in [0.1, 0.15) is 25.8 Å². The molecule has 0 spiro atoms. The van der Waals surface area contributed by atoms with Crippen molar-refractivity contribution in [2.24, 2.45) is 11.7 Å². The molecule has 1 aromatic rings. The van der Waals surface area contributed by atoms with Gasteiger partial charge < -0.3 is 5.73 Å². The number of piperidine rings is 1. The maximum absolute atomic E-state index is 6.16. The second-order valence-corrected chi connectivity index (χ2v) is 6.04. The Kier molecular flexibility index (Phi) is 4.66. The lowest BCUT2D eigenvalue weighted by Gasteiger charge is -2.38. The van der Waals surface area contributed by atoms with E-state index in [0.29, 0.717) is 18.0 Å². The van der Waals surface area contributed by atoms with Crippen LogP contribution in [0.5, 0.6) is 0 Å². The lowest BCUT2D eigenvalue weighted by Crippen LogP contribution is -2.51. The minimum absolute atomic E-state index is 0.325. The number of halogens is 1. The Hall–Kier alpha value is -0.570. The Bertz CT molecular complexity index is 377. The maximum Gasteiger partial charge on any atom is 0.0406 e. The molecule has 0 aliphatic carbocycles. The van der Waals surface area contributed by atoms with Gasteiger partial charge in [0, 0.05) is 23.7 Å². The molecule has 18 heavy (non-hydrogen) atoms. The Morgan fingerprint density at radius 2 is 2.06 bits per heavy atom. The monoisotopic (exact) mass is 266 g/mol. The smallest absolute Gasteiger partial charge is 0.0406 e. The molecule has 1 saturated heterocycles. The highest BCUT2D eigenvalue weighted by Crippen LogP contribution is 2.20. The van der Waals surface area contributed by atoms with E-state index in [1.165, 1.54) is 18.5 Å². The molecule has 0 aromatic heterocycles. The average Bonchev–Trinajstić information content (AvgIpc) is 2.35. The molecule has 3 atom stereocenters. The quantitative estimate of drug-likeness (QED) is 0.912. The van der Waals surface area contributed by atoms with E-state index in [9.17, 15) is 0 Å². The summed E-state index contributed by atoms with van der Waals surface area (Å²) in [7, 11) is 0. The zero-order valence-corrected chi connectivity index (χ0v) is 12.0. The number of benzene rings is 1. The molecule has 1 aliphatic rings. The van der Waals surface area contributed by atoms with Crippen LogP contribution in [0.2, 0.25) is 5.02 Å². The standard InChI is InChI=1S/C15H23ClN2/c1-11-7-8-18(10-15(11)17)12(2)9-13-3-5-14(16)6-4-13/h3-6,11-12,15H,7-10,17H2,1-2H3. The van der Waals surface area contributed by atoms with Gasteiger partial charge in [-0.25, -0.2) is 0 Å². The van der Waals surface area contributed by atoms with Gasteiger partial charge in [0.1, 0.15) is 0 Å². The zero-order chi connectivity index (χ0) is 13.1. The van der Waals surface area contributed by atoms with E-state index in [4.69, 9.17) is 17.3 Å². The van der Waals surface area contributed by atoms with Crippen LogP contribution in [0.4, 0.5) is 0 Å². The van der Waals surface area contributed by atoms with Gasteiger partial charge in [-0.15, -0.1) is 0 Å².